The van der Waals surface area contributed by atoms with Gasteiger partial charge in [0, 0.05) is 12.0 Å². The minimum absolute atomic E-state index is 0.00180. The van der Waals surface area contributed by atoms with Crippen LogP contribution in [-0.2, 0) is 14.3 Å². The van der Waals surface area contributed by atoms with Gasteiger partial charge in [-0.3, -0.25) is 4.79 Å². The average molecular weight is 336 g/mol. The van der Waals surface area contributed by atoms with E-state index < -0.39 is 12.1 Å². The zero-order valence-corrected chi connectivity index (χ0v) is 14.1. The van der Waals surface area contributed by atoms with Gasteiger partial charge in [0.1, 0.15) is 5.75 Å². The van der Waals surface area contributed by atoms with Crippen LogP contribution in [0.25, 0.3) is 11.6 Å². The fourth-order valence-corrected chi connectivity index (χ4v) is 2.92. The maximum Gasteiger partial charge on any atom is 0.339 e. The molecule has 0 aliphatic heterocycles. The van der Waals surface area contributed by atoms with E-state index in [4.69, 9.17) is 9.47 Å². The molecule has 4 nitrogen and oxygen atoms in total. The number of hydrogen-bond donors (Lipinski definition) is 0. The number of ether oxygens (including phenoxy) is 2. The van der Waals surface area contributed by atoms with E-state index in [1.54, 1.807) is 13.2 Å². The normalized spacial score (nSPS) is 17.4. The zero-order chi connectivity index (χ0) is 17.6. The van der Waals surface area contributed by atoms with Gasteiger partial charge in [-0.05, 0) is 30.5 Å². The van der Waals surface area contributed by atoms with Gasteiger partial charge < -0.3 is 9.47 Å². The van der Waals surface area contributed by atoms with Crippen LogP contribution in [0.4, 0.5) is 0 Å². The number of carbonyl (C=O) groups is 2. The molecule has 1 atom stereocenters. The quantitative estimate of drug-likeness (QED) is 0.472. The number of para-hydroxylation sites is 1. The Hall–Kier alpha value is -2.88. The fraction of sp³-hybridized carbons (Fsp3) is 0.238. The minimum atomic E-state index is -0.628. The predicted octanol–water partition coefficient (Wildman–Crippen LogP) is 3.90. The molecule has 1 fully saturated rings. The van der Waals surface area contributed by atoms with Crippen LogP contribution in [0.15, 0.2) is 54.6 Å². The number of ketones is 1. The van der Waals surface area contributed by atoms with Crippen molar-refractivity contribution < 1.29 is 19.1 Å². The van der Waals surface area contributed by atoms with E-state index in [0.29, 0.717) is 24.2 Å². The Morgan fingerprint density at radius 1 is 1.08 bits per heavy atom. The van der Waals surface area contributed by atoms with E-state index in [1.807, 2.05) is 54.6 Å². The van der Waals surface area contributed by atoms with Gasteiger partial charge in [0.15, 0.2) is 11.9 Å². The summed E-state index contributed by atoms with van der Waals surface area (Å²) in [5, 5.41) is 0. The van der Waals surface area contributed by atoms with Gasteiger partial charge in [-0.25, -0.2) is 4.79 Å². The number of rotatable bonds is 5. The average Bonchev–Trinajstić information content (AvgIpc) is 3.05. The molecule has 0 unspecified atom stereocenters. The molecular weight excluding hydrogens is 316 g/mol. The SMILES string of the molecule is COc1ccccc1/C=C(/C(=O)O[C@@H]1CCCC1=O)c1ccccc1. The van der Waals surface area contributed by atoms with Gasteiger partial charge in [0.2, 0.25) is 0 Å². The van der Waals surface area contributed by atoms with E-state index >= 15 is 0 Å². The van der Waals surface area contributed by atoms with Gasteiger partial charge in [0.05, 0.1) is 12.7 Å². The van der Waals surface area contributed by atoms with Gasteiger partial charge in [0.25, 0.3) is 0 Å². The number of benzene rings is 2. The third-order valence-electron chi connectivity index (χ3n) is 4.24. The molecule has 1 aliphatic rings. The van der Waals surface area contributed by atoms with Crippen molar-refractivity contribution in [3.63, 3.8) is 0 Å². The number of hydrogen-bond acceptors (Lipinski definition) is 4. The Bertz CT molecular complexity index is 793. The van der Waals surface area contributed by atoms with E-state index in [0.717, 1.165) is 17.5 Å². The molecular formula is C21H20O4. The number of esters is 1. The summed E-state index contributed by atoms with van der Waals surface area (Å²) >= 11 is 0. The molecule has 1 saturated carbocycles. The molecule has 0 bridgehead atoms. The predicted molar refractivity (Wildman–Crippen MR) is 96.0 cm³/mol. The molecule has 0 amide bonds. The second kappa shape index (κ2) is 7.79. The smallest absolute Gasteiger partial charge is 0.339 e. The van der Waals surface area contributed by atoms with Crippen molar-refractivity contribution in [2.45, 2.75) is 25.4 Å². The first-order valence-electron chi connectivity index (χ1n) is 8.33. The highest BCUT2D eigenvalue weighted by molar-refractivity contribution is 6.22. The lowest BCUT2D eigenvalue weighted by Crippen LogP contribution is -2.22. The molecule has 0 radical (unpaired) electrons. The molecule has 128 valence electrons. The Morgan fingerprint density at radius 3 is 2.48 bits per heavy atom. The highest BCUT2D eigenvalue weighted by Gasteiger charge is 2.29. The van der Waals surface area contributed by atoms with Crippen LogP contribution in [-0.4, -0.2) is 25.0 Å². The van der Waals surface area contributed by atoms with E-state index in [-0.39, 0.29) is 5.78 Å². The largest absolute Gasteiger partial charge is 0.496 e. The van der Waals surface area contributed by atoms with Crippen molar-refractivity contribution in [2.75, 3.05) is 7.11 Å². The Morgan fingerprint density at radius 2 is 1.80 bits per heavy atom. The molecule has 25 heavy (non-hydrogen) atoms. The standard InChI is InChI=1S/C21H20O4/c1-24-19-12-6-5-10-16(19)14-17(15-8-3-2-4-9-15)21(23)25-20-13-7-11-18(20)22/h2-6,8-10,12,14,20H,7,11,13H2,1H3/b17-14+/t20-/m1/s1. The monoisotopic (exact) mass is 336 g/mol. The first kappa shape index (κ1) is 17.0. The summed E-state index contributed by atoms with van der Waals surface area (Å²) in [6.45, 7) is 0. The van der Waals surface area contributed by atoms with Gasteiger partial charge in [-0.15, -0.1) is 0 Å². The van der Waals surface area contributed by atoms with Crippen LogP contribution in [0.1, 0.15) is 30.4 Å². The van der Waals surface area contributed by atoms with Crippen LogP contribution in [0.3, 0.4) is 0 Å². The van der Waals surface area contributed by atoms with E-state index in [9.17, 15) is 9.59 Å². The molecule has 0 heterocycles. The summed E-state index contributed by atoms with van der Waals surface area (Å²) in [6.07, 6.45) is 2.97. The van der Waals surface area contributed by atoms with Gasteiger partial charge in [-0.1, -0.05) is 48.5 Å². The second-order valence-corrected chi connectivity index (χ2v) is 5.92. The summed E-state index contributed by atoms with van der Waals surface area (Å²) in [6, 6.07) is 16.7. The summed E-state index contributed by atoms with van der Waals surface area (Å²) in [5.41, 5.74) is 1.92. The second-order valence-electron chi connectivity index (χ2n) is 5.92. The summed E-state index contributed by atoms with van der Waals surface area (Å²) in [7, 11) is 1.59. The molecule has 1 aliphatic carbocycles. The minimum Gasteiger partial charge on any atom is -0.496 e. The molecule has 2 aromatic rings. The highest BCUT2D eigenvalue weighted by atomic mass is 16.5. The highest BCUT2D eigenvalue weighted by Crippen LogP contribution is 2.27. The molecule has 0 aromatic heterocycles. The molecule has 2 aromatic carbocycles. The summed E-state index contributed by atoms with van der Waals surface area (Å²) in [4.78, 5) is 24.6. The van der Waals surface area contributed by atoms with E-state index in [1.165, 1.54) is 0 Å². The molecule has 4 heteroatoms. The lowest BCUT2D eigenvalue weighted by Gasteiger charge is -2.14. The lowest BCUT2D eigenvalue weighted by atomic mass is 10.0. The number of Topliss-reactive ketones (excluding diaryl/α,β-unsaturated/α-hetero) is 1. The molecule has 0 spiro atoms. The zero-order valence-electron chi connectivity index (χ0n) is 14.1. The molecule has 3 rings (SSSR count). The summed E-state index contributed by atoms with van der Waals surface area (Å²) in [5.74, 6) is 0.177. The topological polar surface area (TPSA) is 52.6 Å². The number of carbonyl (C=O) groups excluding carboxylic acids is 2. The van der Waals surface area contributed by atoms with Crippen molar-refractivity contribution in [1.29, 1.82) is 0 Å². The van der Waals surface area contributed by atoms with Crippen LogP contribution in [0.2, 0.25) is 0 Å². The Balaban J connectivity index is 1.96. The lowest BCUT2D eigenvalue weighted by molar-refractivity contribution is -0.147. The summed E-state index contributed by atoms with van der Waals surface area (Å²) < 4.78 is 10.8. The van der Waals surface area contributed by atoms with Gasteiger partial charge in [-0.2, -0.15) is 0 Å². The van der Waals surface area contributed by atoms with Crippen molar-refractivity contribution in [1.82, 2.24) is 0 Å². The van der Waals surface area contributed by atoms with Crippen molar-refractivity contribution in [3.05, 3.63) is 65.7 Å². The Labute approximate surface area is 147 Å². The maximum atomic E-state index is 12.8. The van der Waals surface area contributed by atoms with Crippen LogP contribution in [0, 0.1) is 0 Å². The first-order chi connectivity index (χ1) is 12.2. The fourth-order valence-electron chi connectivity index (χ4n) is 2.92. The van der Waals surface area contributed by atoms with Crippen LogP contribution < -0.4 is 4.74 Å². The van der Waals surface area contributed by atoms with Crippen molar-refractivity contribution in [2.24, 2.45) is 0 Å². The van der Waals surface area contributed by atoms with Crippen molar-refractivity contribution >= 4 is 23.4 Å². The number of methoxy groups -OCH3 is 1. The third kappa shape index (κ3) is 3.97. The van der Waals surface area contributed by atoms with Gasteiger partial charge >= 0.3 is 5.97 Å². The van der Waals surface area contributed by atoms with Crippen molar-refractivity contribution in [3.8, 4) is 5.75 Å². The van der Waals surface area contributed by atoms with E-state index in [2.05, 4.69) is 0 Å². The first-order valence-corrected chi connectivity index (χ1v) is 8.33. The maximum absolute atomic E-state index is 12.8. The van der Waals surface area contributed by atoms with Crippen LogP contribution in [0.5, 0.6) is 5.75 Å². The molecule has 0 saturated heterocycles. The third-order valence-corrected chi connectivity index (χ3v) is 4.24. The van der Waals surface area contributed by atoms with Crippen LogP contribution >= 0.6 is 0 Å². The Kier molecular flexibility index (Phi) is 5.29. The molecule has 0 N–H and O–H groups in total.